The van der Waals surface area contributed by atoms with Gasteiger partial charge in [-0.15, -0.1) is 0 Å². The molecule has 0 saturated carbocycles. The lowest BCUT2D eigenvalue weighted by molar-refractivity contribution is -0.141. The molecule has 11 heteroatoms. The van der Waals surface area contributed by atoms with Crippen molar-refractivity contribution in [3.8, 4) is 0 Å². The maximum Gasteiger partial charge on any atom is 0.433 e. The van der Waals surface area contributed by atoms with Crippen LogP contribution in [0.4, 0.5) is 19.1 Å². The summed E-state index contributed by atoms with van der Waals surface area (Å²) in [7, 11) is 3.85. The average molecular weight is 529 g/mol. The first kappa shape index (κ1) is 27.3. The number of carbonyl (C=O) groups is 2. The molecule has 0 radical (unpaired) electrons. The van der Waals surface area contributed by atoms with Crippen molar-refractivity contribution < 1.29 is 22.8 Å². The summed E-state index contributed by atoms with van der Waals surface area (Å²) in [6, 6.07) is 7.39. The molecule has 0 unspecified atom stereocenters. The number of nitrogens with zero attached hydrogens (tertiary/aromatic N) is 5. The van der Waals surface area contributed by atoms with E-state index in [0.29, 0.717) is 25.2 Å². The molecule has 0 spiro atoms. The largest absolute Gasteiger partial charge is 0.433 e. The molecule has 1 aliphatic heterocycles. The van der Waals surface area contributed by atoms with Crippen molar-refractivity contribution in [1.29, 1.82) is 0 Å². The minimum Gasteiger partial charge on any atom is -0.337 e. The van der Waals surface area contributed by atoms with Gasteiger partial charge in [0.05, 0.1) is 17.1 Å². The van der Waals surface area contributed by atoms with Gasteiger partial charge in [0.1, 0.15) is 5.69 Å². The number of alkyl halides is 3. The number of aryl methyl sites for hydroxylation is 1. The van der Waals surface area contributed by atoms with E-state index in [0.717, 1.165) is 42.6 Å². The minimum absolute atomic E-state index is 0.0815. The molecule has 1 aromatic carbocycles. The van der Waals surface area contributed by atoms with Crippen molar-refractivity contribution in [2.75, 3.05) is 39.0 Å². The molecule has 1 saturated heterocycles. The third-order valence-corrected chi connectivity index (χ3v) is 6.50. The van der Waals surface area contributed by atoms with Crippen LogP contribution in [0.2, 0.25) is 0 Å². The third kappa shape index (κ3) is 6.21. The quantitative estimate of drug-likeness (QED) is 0.470. The van der Waals surface area contributed by atoms with Gasteiger partial charge in [-0.3, -0.25) is 19.9 Å². The van der Waals surface area contributed by atoms with Crippen LogP contribution >= 0.6 is 0 Å². The molecule has 0 bridgehead atoms. The Morgan fingerprint density at radius 2 is 2.00 bits per heavy atom. The van der Waals surface area contributed by atoms with Crippen LogP contribution in [0.3, 0.4) is 0 Å². The number of anilines is 1. The van der Waals surface area contributed by atoms with E-state index in [1.54, 1.807) is 11.0 Å². The second-order valence-corrected chi connectivity index (χ2v) is 9.73. The zero-order valence-corrected chi connectivity index (χ0v) is 21.6. The topological polar surface area (TPSA) is 83.4 Å². The van der Waals surface area contributed by atoms with Gasteiger partial charge in [-0.1, -0.05) is 18.2 Å². The van der Waals surface area contributed by atoms with E-state index in [1.165, 1.54) is 6.07 Å². The molecule has 1 aliphatic rings. The highest BCUT2D eigenvalue weighted by Gasteiger charge is 2.33. The van der Waals surface area contributed by atoms with Crippen molar-refractivity contribution >= 4 is 28.8 Å². The SMILES string of the molecule is Cc1cccc2nc(NC(=O)c3ccnc(C(F)(F)F)c3)n([C@@H]3CCCCN(C(=O)/C=C/CN(C)C)C3)c12. The van der Waals surface area contributed by atoms with Gasteiger partial charge in [-0.2, -0.15) is 13.2 Å². The summed E-state index contributed by atoms with van der Waals surface area (Å²) >= 11 is 0. The van der Waals surface area contributed by atoms with Crippen LogP contribution < -0.4 is 5.32 Å². The van der Waals surface area contributed by atoms with E-state index in [-0.39, 0.29) is 23.5 Å². The first-order valence-electron chi connectivity index (χ1n) is 12.5. The fourth-order valence-electron chi connectivity index (χ4n) is 4.67. The van der Waals surface area contributed by atoms with Gasteiger partial charge in [0.15, 0.2) is 0 Å². The van der Waals surface area contributed by atoms with E-state index < -0.39 is 17.8 Å². The molecular formula is C27H31F3N6O2. The summed E-state index contributed by atoms with van der Waals surface area (Å²) in [4.78, 5) is 37.8. The molecule has 3 heterocycles. The molecule has 2 aromatic heterocycles. The number of halogens is 3. The molecule has 1 atom stereocenters. The second-order valence-electron chi connectivity index (χ2n) is 9.73. The lowest BCUT2D eigenvalue weighted by Crippen LogP contribution is -2.35. The number of imidazole rings is 1. The van der Waals surface area contributed by atoms with E-state index in [4.69, 9.17) is 0 Å². The normalized spacial score (nSPS) is 16.8. The third-order valence-electron chi connectivity index (χ3n) is 6.50. The van der Waals surface area contributed by atoms with Crippen molar-refractivity contribution in [3.63, 3.8) is 0 Å². The minimum atomic E-state index is -4.67. The van der Waals surface area contributed by atoms with Gasteiger partial charge >= 0.3 is 6.18 Å². The summed E-state index contributed by atoms with van der Waals surface area (Å²) in [5.74, 6) is -0.575. The molecular weight excluding hydrogens is 497 g/mol. The molecule has 2 amide bonds. The Kier molecular flexibility index (Phi) is 8.15. The fourth-order valence-corrected chi connectivity index (χ4v) is 4.67. The summed E-state index contributed by atoms with van der Waals surface area (Å²) < 4.78 is 41.4. The Hall–Kier alpha value is -3.73. The number of rotatable bonds is 6. The number of nitrogens with one attached hydrogen (secondary N) is 1. The van der Waals surface area contributed by atoms with Crippen molar-refractivity contribution in [1.82, 2.24) is 24.3 Å². The number of aromatic nitrogens is 3. The number of hydrogen-bond donors (Lipinski definition) is 1. The number of carbonyl (C=O) groups excluding carboxylic acids is 2. The number of likely N-dealkylation sites (tertiary alicyclic amines) is 1. The highest BCUT2D eigenvalue weighted by Crippen LogP contribution is 2.32. The number of para-hydroxylation sites is 1. The lowest BCUT2D eigenvalue weighted by atomic mass is 10.1. The van der Waals surface area contributed by atoms with Gasteiger partial charge < -0.3 is 14.4 Å². The van der Waals surface area contributed by atoms with Crippen LogP contribution in [0.15, 0.2) is 48.7 Å². The van der Waals surface area contributed by atoms with Crippen LogP contribution in [0.5, 0.6) is 0 Å². The van der Waals surface area contributed by atoms with E-state index in [2.05, 4.69) is 15.3 Å². The predicted octanol–water partition coefficient (Wildman–Crippen LogP) is 4.68. The van der Waals surface area contributed by atoms with Crippen LogP contribution in [0.25, 0.3) is 11.0 Å². The van der Waals surface area contributed by atoms with Crippen LogP contribution in [-0.2, 0) is 11.0 Å². The van der Waals surface area contributed by atoms with Gasteiger partial charge in [0.25, 0.3) is 5.91 Å². The molecule has 1 N–H and O–H groups in total. The molecule has 0 aliphatic carbocycles. The van der Waals surface area contributed by atoms with Gasteiger partial charge in [0.2, 0.25) is 11.9 Å². The maximum absolute atomic E-state index is 13.2. The summed E-state index contributed by atoms with van der Waals surface area (Å²) in [6.45, 7) is 3.62. The number of fused-ring (bicyclic) bond motifs is 1. The Morgan fingerprint density at radius 1 is 1.21 bits per heavy atom. The van der Waals surface area contributed by atoms with Crippen molar-refractivity contribution in [3.05, 3.63) is 65.5 Å². The maximum atomic E-state index is 13.2. The summed E-state index contributed by atoms with van der Waals surface area (Å²) in [5.41, 5.74) is 1.09. The average Bonchev–Trinajstić information content (AvgIpc) is 3.05. The number of hydrogen-bond acceptors (Lipinski definition) is 5. The Labute approximate surface area is 219 Å². The molecule has 1 fully saturated rings. The van der Waals surface area contributed by atoms with Crippen molar-refractivity contribution in [2.45, 2.75) is 38.4 Å². The van der Waals surface area contributed by atoms with Crippen LogP contribution in [-0.4, -0.2) is 69.9 Å². The lowest BCUT2D eigenvalue weighted by Gasteiger charge is -2.26. The Morgan fingerprint density at radius 3 is 2.74 bits per heavy atom. The van der Waals surface area contributed by atoms with Crippen molar-refractivity contribution in [2.24, 2.45) is 0 Å². The van der Waals surface area contributed by atoms with Crippen LogP contribution in [0.1, 0.15) is 46.9 Å². The van der Waals surface area contributed by atoms with Gasteiger partial charge in [-0.05, 0) is 64.0 Å². The Bertz CT molecular complexity index is 1350. The predicted molar refractivity (Wildman–Crippen MR) is 139 cm³/mol. The van der Waals surface area contributed by atoms with E-state index in [1.807, 2.05) is 54.8 Å². The highest BCUT2D eigenvalue weighted by atomic mass is 19.4. The van der Waals surface area contributed by atoms with Crippen LogP contribution in [0, 0.1) is 6.92 Å². The summed E-state index contributed by atoms with van der Waals surface area (Å²) in [6.07, 6.45) is 2.17. The standard InChI is InChI=1S/C27H31F3N6O2/c1-18-8-6-10-21-24(18)36(20-9-4-5-15-35(17-20)23(37)11-7-14-34(2)3)26(32-21)33-25(38)19-12-13-31-22(16-19)27(28,29)30/h6-8,10-13,16,20H,4-5,9,14-15,17H2,1-3H3,(H,32,33,38)/b11-7+/t20-/m1/s1. The van der Waals surface area contributed by atoms with Gasteiger partial charge in [-0.25, -0.2) is 4.98 Å². The molecule has 8 nitrogen and oxygen atoms in total. The molecule has 4 rings (SSSR count). The smallest absolute Gasteiger partial charge is 0.337 e. The first-order valence-corrected chi connectivity index (χ1v) is 12.5. The zero-order valence-electron chi connectivity index (χ0n) is 21.6. The number of benzene rings is 1. The monoisotopic (exact) mass is 528 g/mol. The Balaban J connectivity index is 1.68. The van der Waals surface area contributed by atoms with E-state index >= 15 is 0 Å². The zero-order chi connectivity index (χ0) is 27.4. The number of pyridine rings is 1. The molecule has 38 heavy (non-hydrogen) atoms. The fraction of sp³-hybridized carbons (Fsp3) is 0.407. The first-order chi connectivity index (χ1) is 18.0. The highest BCUT2D eigenvalue weighted by molar-refractivity contribution is 6.04. The van der Waals surface area contributed by atoms with Gasteiger partial charge in [0, 0.05) is 37.5 Å². The number of likely N-dealkylation sites (N-methyl/N-ethyl adjacent to an activating group) is 1. The van der Waals surface area contributed by atoms with E-state index in [9.17, 15) is 22.8 Å². The molecule has 3 aromatic rings. The summed E-state index contributed by atoms with van der Waals surface area (Å²) in [5, 5.41) is 2.73. The second kappa shape index (κ2) is 11.3. The molecule has 202 valence electrons. The number of amides is 2.